The van der Waals surface area contributed by atoms with Crippen LogP contribution in [0.5, 0.6) is 5.75 Å². The predicted molar refractivity (Wildman–Crippen MR) is 124 cm³/mol. The third-order valence-corrected chi connectivity index (χ3v) is 7.06. The van der Waals surface area contributed by atoms with E-state index in [0.717, 1.165) is 47.9 Å². The molecule has 3 aromatic rings. The van der Waals surface area contributed by atoms with Crippen LogP contribution < -0.4 is 10.1 Å². The molecule has 2 amide bonds. The summed E-state index contributed by atoms with van der Waals surface area (Å²) >= 11 is 0. The van der Waals surface area contributed by atoms with Gasteiger partial charge in [0.2, 0.25) is 5.91 Å². The molecule has 0 saturated heterocycles. The van der Waals surface area contributed by atoms with Crippen LogP contribution in [0.2, 0.25) is 0 Å². The van der Waals surface area contributed by atoms with Crippen LogP contribution in [0.25, 0.3) is 10.9 Å². The van der Waals surface area contributed by atoms with Crippen molar-refractivity contribution in [2.75, 3.05) is 7.11 Å². The molecule has 2 heterocycles. The Hall–Kier alpha value is -3.28. The zero-order valence-electron chi connectivity index (χ0n) is 18.6. The highest BCUT2D eigenvalue weighted by atomic mass is 16.5. The number of fused-ring (bicyclic) bond motifs is 3. The van der Waals surface area contributed by atoms with Crippen molar-refractivity contribution in [3.8, 4) is 5.75 Å². The molecule has 6 heteroatoms. The molecule has 2 aliphatic rings. The van der Waals surface area contributed by atoms with E-state index in [-0.39, 0.29) is 17.9 Å². The summed E-state index contributed by atoms with van der Waals surface area (Å²) in [5.41, 5.74) is 1.61. The maximum absolute atomic E-state index is 13.8. The average Bonchev–Trinajstić information content (AvgIpc) is 3.46. The minimum atomic E-state index is -0.969. The van der Waals surface area contributed by atoms with Crippen LogP contribution in [0.1, 0.15) is 48.7 Å². The van der Waals surface area contributed by atoms with Crippen LogP contribution in [-0.2, 0) is 17.9 Å². The Balaban J connectivity index is 1.51. The number of ether oxygens (including phenoxy) is 1. The quantitative estimate of drug-likeness (QED) is 0.661. The lowest BCUT2D eigenvalue weighted by molar-refractivity contribution is -0.134. The molecule has 6 nitrogen and oxygen atoms in total. The normalized spacial score (nSPS) is 21.1. The van der Waals surface area contributed by atoms with Crippen LogP contribution in [0.4, 0.5) is 0 Å². The van der Waals surface area contributed by atoms with Gasteiger partial charge in [0.15, 0.2) is 0 Å². The Morgan fingerprint density at radius 2 is 1.84 bits per heavy atom. The first-order chi connectivity index (χ1) is 15.5. The Morgan fingerprint density at radius 1 is 1.12 bits per heavy atom. The van der Waals surface area contributed by atoms with Crippen molar-refractivity contribution in [2.45, 2.75) is 57.3 Å². The van der Waals surface area contributed by atoms with E-state index in [2.05, 4.69) is 5.32 Å². The van der Waals surface area contributed by atoms with Crippen LogP contribution in [0, 0.1) is 0 Å². The molecule has 1 aromatic heterocycles. The standard InChI is InChI=1S/C26H29N3O3/c1-26(25(31)27-16-19-10-4-8-14-23(19)32-2)17-28-21-13-7-3-9-18(21)15-22(28)24(30)29(26)20-11-5-6-12-20/h3-4,7-10,13-15,20H,5-6,11-12,16-17H2,1-2H3,(H,27,31)/t26-/m1/s1. The molecule has 2 aromatic carbocycles. The SMILES string of the molecule is COc1ccccc1CNC(=O)[C@@]1(C)Cn2c(cc3ccccc32)C(=O)N1C1CCCC1. The maximum atomic E-state index is 13.8. The van der Waals surface area contributed by atoms with Crippen LogP contribution >= 0.6 is 0 Å². The molecule has 0 unspecified atom stereocenters. The summed E-state index contributed by atoms with van der Waals surface area (Å²) in [5, 5.41) is 4.13. The fourth-order valence-corrected chi connectivity index (χ4v) is 5.42. The van der Waals surface area contributed by atoms with E-state index in [1.807, 2.05) is 71.0 Å². The summed E-state index contributed by atoms with van der Waals surface area (Å²) in [6, 6.07) is 17.7. The first-order valence-corrected chi connectivity index (χ1v) is 11.3. The summed E-state index contributed by atoms with van der Waals surface area (Å²) < 4.78 is 7.45. The van der Waals surface area contributed by atoms with E-state index >= 15 is 0 Å². The summed E-state index contributed by atoms with van der Waals surface area (Å²) in [7, 11) is 1.63. The fourth-order valence-electron chi connectivity index (χ4n) is 5.42. The van der Waals surface area contributed by atoms with E-state index in [1.165, 1.54) is 0 Å². The summed E-state index contributed by atoms with van der Waals surface area (Å²) in [6.07, 6.45) is 4.08. The van der Waals surface area contributed by atoms with Gasteiger partial charge in [-0.05, 0) is 38.0 Å². The van der Waals surface area contributed by atoms with Gasteiger partial charge in [0.25, 0.3) is 5.91 Å². The van der Waals surface area contributed by atoms with Crippen molar-refractivity contribution in [2.24, 2.45) is 0 Å². The number of nitrogens with one attached hydrogen (secondary N) is 1. The van der Waals surface area contributed by atoms with Crippen molar-refractivity contribution in [3.05, 3.63) is 65.9 Å². The highest BCUT2D eigenvalue weighted by molar-refractivity contribution is 6.03. The van der Waals surface area contributed by atoms with Gasteiger partial charge < -0.3 is 19.5 Å². The van der Waals surface area contributed by atoms with Gasteiger partial charge in [-0.25, -0.2) is 0 Å². The molecule has 1 aliphatic heterocycles. The highest BCUT2D eigenvalue weighted by Gasteiger charge is 2.50. The number of rotatable bonds is 5. The number of para-hydroxylation sites is 2. The van der Waals surface area contributed by atoms with Gasteiger partial charge in [-0.2, -0.15) is 0 Å². The van der Waals surface area contributed by atoms with Gasteiger partial charge in [-0.1, -0.05) is 49.2 Å². The number of methoxy groups -OCH3 is 1. The van der Waals surface area contributed by atoms with Gasteiger partial charge in [-0.15, -0.1) is 0 Å². The maximum Gasteiger partial charge on any atom is 0.271 e. The molecule has 166 valence electrons. The molecule has 0 bridgehead atoms. The van der Waals surface area contributed by atoms with Crippen molar-refractivity contribution in [1.29, 1.82) is 0 Å². The number of amides is 2. The van der Waals surface area contributed by atoms with Gasteiger partial charge >= 0.3 is 0 Å². The molecule has 1 N–H and O–H groups in total. The van der Waals surface area contributed by atoms with E-state index in [4.69, 9.17) is 4.74 Å². The number of nitrogens with zero attached hydrogens (tertiary/aromatic N) is 2. The van der Waals surface area contributed by atoms with Gasteiger partial charge in [0, 0.05) is 29.1 Å². The lowest BCUT2D eigenvalue weighted by Crippen LogP contribution is -2.66. The third kappa shape index (κ3) is 3.25. The first kappa shape index (κ1) is 20.6. The minimum absolute atomic E-state index is 0.0470. The molecule has 32 heavy (non-hydrogen) atoms. The minimum Gasteiger partial charge on any atom is -0.496 e. The van der Waals surface area contributed by atoms with Crippen LogP contribution in [-0.4, -0.2) is 40.0 Å². The lowest BCUT2D eigenvalue weighted by atomic mass is 9.91. The topological polar surface area (TPSA) is 63.6 Å². The van der Waals surface area contributed by atoms with Gasteiger partial charge in [-0.3, -0.25) is 9.59 Å². The van der Waals surface area contributed by atoms with E-state index < -0.39 is 5.54 Å². The smallest absolute Gasteiger partial charge is 0.271 e. The first-order valence-electron chi connectivity index (χ1n) is 11.3. The van der Waals surface area contributed by atoms with Crippen molar-refractivity contribution in [3.63, 3.8) is 0 Å². The highest BCUT2D eigenvalue weighted by Crippen LogP contribution is 2.37. The molecule has 1 atom stereocenters. The van der Waals surface area contributed by atoms with Crippen LogP contribution in [0.15, 0.2) is 54.6 Å². The molecule has 0 spiro atoms. The van der Waals surface area contributed by atoms with Gasteiger partial charge in [0.05, 0.1) is 13.7 Å². The van der Waals surface area contributed by atoms with Crippen molar-refractivity contribution in [1.82, 2.24) is 14.8 Å². The number of benzene rings is 2. The summed E-state index contributed by atoms with van der Waals surface area (Å²) in [6.45, 7) is 2.71. The zero-order valence-corrected chi connectivity index (χ0v) is 18.6. The number of hydrogen-bond donors (Lipinski definition) is 1. The molecule has 5 rings (SSSR count). The Bertz CT molecular complexity index is 1180. The number of carbonyl (C=O) groups is 2. The second kappa shape index (κ2) is 8.01. The lowest BCUT2D eigenvalue weighted by Gasteiger charge is -2.47. The molecular weight excluding hydrogens is 402 g/mol. The van der Waals surface area contributed by atoms with Crippen LogP contribution in [0.3, 0.4) is 0 Å². The molecule has 1 fully saturated rings. The molecule has 0 radical (unpaired) electrons. The van der Waals surface area contributed by atoms with Crippen molar-refractivity contribution >= 4 is 22.7 Å². The Morgan fingerprint density at radius 3 is 2.62 bits per heavy atom. The zero-order chi connectivity index (χ0) is 22.3. The molecule has 1 aliphatic carbocycles. The van der Waals surface area contributed by atoms with Gasteiger partial charge in [0.1, 0.15) is 17.0 Å². The second-order valence-electron chi connectivity index (χ2n) is 9.06. The van der Waals surface area contributed by atoms with E-state index in [0.29, 0.717) is 18.8 Å². The second-order valence-corrected chi connectivity index (χ2v) is 9.06. The number of carbonyl (C=O) groups excluding carboxylic acids is 2. The van der Waals surface area contributed by atoms with E-state index in [9.17, 15) is 9.59 Å². The fraction of sp³-hybridized carbons (Fsp3) is 0.385. The predicted octanol–water partition coefficient (Wildman–Crippen LogP) is 4.12. The van der Waals surface area contributed by atoms with E-state index in [1.54, 1.807) is 7.11 Å². The Kier molecular flexibility index (Phi) is 5.16. The third-order valence-electron chi connectivity index (χ3n) is 7.06. The number of hydrogen-bond acceptors (Lipinski definition) is 3. The number of aromatic nitrogens is 1. The largest absolute Gasteiger partial charge is 0.496 e. The Labute approximate surface area is 188 Å². The average molecular weight is 432 g/mol. The molecule has 1 saturated carbocycles. The summed E-state index contributed by atoms with van der Waals surface area (Å²) in [5.74, 6) is 0.561. The summed E-state index contributed by atoms with van der Waals surface area (Å²) in [4.78, 5) is 29.4. The monoisotopic (exact) mass is 431 g/mol. The van der Waals surface area contributed by atoms with Crippen molar-refractivity contribution < 1.29 is 14.3 Å². The molecular formula is C26H29N3O3.